The molecular formula is C29H36N4O3. The summed E-state index contributed by atoms with van der Waals surface area (Å²) in [6, 6.07) is 15.5. The molecule has 190 valence electrons. The van der Waals surface area contributed by atoms with Gasteiger partial charge in [0.05, 0.1) is 31.1 Å². The highest BCUT2D eigenvalue weighted by atomic mass is 16.5. The molecule has 1 amide bonds. The van der Waals surface area contributed by atoms with Gasteiger partial charge < -0.3 is 24.8 Å². The Hall–Kier alpha value is -3.32. The van der Waals surface area contributed by atoms with Gasteiger partial charge in [0, 0.05) is 49.4 Å². The molecule has 0 radical (unpaired) electrons. The number of nitrogens with one attached hydrogen (secondary N) is 1. The predicted molar refractivity (Wildman–Crippen MR) is 142 cm³/mol. The molecule has 1 atom stereocenters. The minimum absolute atomic E-state index is 0.0745. The summed E-state index contributed by atoms with van der Waals surface area (Å²) in [5.74, 6) is 0.906. The average molecular weight is 489 g/mol. The first-order valence-electron chi connectivity index (χ1n) is 12.8. The van der Waals surface area contributed by atoms with E-state index in [1.54, 1.807) is 7.11 Å². The van der Waals surface area contributed by atoms with Crippen LogP contribution in [0.2, 0.25) is 0 Å². The first kappa shape index (κ1) is 24.4. The Morgan fingerprint density at radius 2 is 1.72 bits per heavy atom. The van der Waals surface area contributed by atoms with E-state index in [1.165, 1.54) is 0 Å². The number of hydrogen-bond donors (Lipinski definition) is 1. The number of rotatable bonds is 4. The number of para-hydroxylation sites is 3. The van der Waals surface area contributed by atoms with Crippen molar-refractivity contribution in [2.45, 2.75) is 32.7 Å². The number of allylic oxidation sites excluding steroid dienone is 1. The number of carbonyl (C=O) groups is 2. The lowest BCUT2D eigenvalue weighted by Crippen LogP contribution is -2.50. The highest BCUT2D eigenvalue weighted by Crippen LogP contribution is 2.49. The number of piperazine rings is 1. The smallest absolute Gasteiger partial charge is 0.242 e. The van der Waals surface area contributed by atoms with Crippen LogP contribution in [0, 0.1) is 5.41 Å². The van der Waals surface area contributed by atoms with Crippen LogP contribution in [-0.4, -0.2) is 68.4 Å². The van der Waals surface area contributed by atoms with Crippen LogP contribution >= 0.6 is 0 Å². The number of hydrogen-bond acceptors (Lipinski definition) is 6. The van der Waals surface area contributed by atoms with Gasteiger partial charge in [0.15, 0.2) is 5.78 Å². The third-order valence-electron chi connectivity index (χ3n) is 7.60. The molecule has 0 aromatic heterocycles. The van der Waals surface area contributed by atoms with E-state index in [4.69, 9.17) is 4.74 Å². The molecule has 7 nitrogen and oxygen atoms in total. The molecule has 1 unspecified atom stereocenters. The number of carbonyl (C=O) groups excluding carboxylic acids is 2. The van der Waals surface area contributed by atoms with Crippen molar-refractivity contribution in [1.82, 2.24) is 9.80 Å². The van der Waals surface area contributed by atoms with Gasteiger partial charge in [0.25, 0.3) is 0 Å². The molecule has 5 rings (SSSR count). The second kappa shape index (κ2) is 9.62. The Balaban J connectivity index is 1.66. The molecule has 0 spiro atoms. The Labute approximate surface area is 213 Å². The molecule has 36 heavy (non-hydrogen) atoms. The zero-order valence-electron chi connectivity index (χ0n) is 21.7. The number of Topliss-reactive ketones (excluding diaryl/α,β-unsaturated/α-hetero) is 1. The summed E-state index contributed by atoms with van der Waals surface area (Å²) in [5.41, 5.74) is 4.25. The fourth-order valence-corrected chi connectivity index (χ4v) is 5.74. The number of ketones is 1. The second-order valence-electron chi connectivity index (χ2n) is 10.9. The molecule has 2 heterocycles. The van der Waals surface area contributed by atoms with Crippen molar-refractivity contribution in [3.8, 4) is 5.75 Å². The summed E-state index contributed by atoms with van der Waals surface area (Å²) in [7, 11) is 3.74. The summed E-state index contributed by atoms with van der Waals surface area (Å²) >= 11 is 0. The monoisotopic (exact) mass is 488 g/mol. The molecule has 2 aromatic carbocycles. The zero-order valence-corrected chi connectivity index (χ0v) is 21.7. The lowest BCUT2D eigenvalue weighted by molar-refractivity contribution is -0.131. The molecule has 2 aromatic rings. The number of anilines is 2. The minimum Gasteiger partial charge on any atom is -0.496 e. The van der Waals surface area contributed by atoms with Crippen LogP contribution in [0.5, 0.6) is 5.75 Å². The average Bonchev–Trinajstić information content (AvgIpc) is 2.98. The van der Waals surface area contributed by atoms with Crippen molar-refractivity contribution in [2.24, 2.45) is 5.41 Å². The number of ether oxygens (including phenoxy) is 1. The normalized spacial score (nSPS) is 21.9. The van der Waals surface area contributed by atoms with Crippen molar-refractivity contribution < 1.29 is 14.3 Å². The van der Waals surface area contributed by atoms with Gasteiger partial charge in [-0.3, -0.25) is 9.59 Å². The van der Waals surface area contributed by atoms with Crippen molar-refractivity contribution in [3.05, 3.63) is 65.4 Å². The minimum atomic E-state index is -0.438. The van der Waals surface area contributed by atoms with Gasteiger partial charge in [-0.25, -0.2) is 0 Å². The van der Waals surface area contributed by atoms with Gasteiger partial charge in [0.2, 0.25) is 5.91 Å². The zero-order chi connectivity index (χ0) is 25.4. The third-order valence-corrected chi connectivity index (χ3v) is 7.60. The Bertz CT molecular complexity index is 1200. The van der Waals surface area contributed by atoms with Gasteiger partial charge in [-0.15, -0.1) is 0 Å². The Morgan fingerprint density at radius 3 is 2.47 bits per heavy atom. The number of fused-ring (bicyclic) bond motifs is 1. The van der Waals surface area contributed by atoms with E-state index < -0.39 is 6.04 Å². The highest BCUT2D eigenvalue weighted by Gasteiger charge is 2.43. The molecule has 1 saturated heterocycles. The molecule has 1 aliphatic carbocycles. The van der Waals surface area contributed by atoms with E-state index in [9.17, 15) is 9.59 Å². The quantitative estimate of drug-likeness (QED) is 0.700. The molecular weight excluding hydrogens is 452 g/mol. The van der Waals surface area contributed by atoms with E-state index in [0.717, 1.165) is 47.7 Å². The Morgan fingerprint density at radius 1 is 1.03 bits per heavy atom. The standard InChI is InChI=1S/C29H36N4O3/c1-29(2)17-22-27(24(34)18-29)28(20-9-5-8-12-25(20)36-4)33(23-11-7-6-10-21(23)30-22)19-26(35)32-15-13-31(3)14-16-32/h5-12,28,30H,13-19H2,1-4H3. The van der Waals surface area contributed by atoms with Gasteiger partial charge in [0.1, 0.15) is 5.75 Å². The van der Waals surface area contributed by atoms with Crippen molar-refractivity contribution in [3.63, 3.8) is 0 Å². The molecule has 0 bridgehead atoms. The van der Waals surface area contributed by atoms with E-state index in [0.29, 0.717) is 25.3 Å². The topological polar surface area (TPSA) is 65.1 Å². The predicted octanol–water partition coefficient (Wildman–Crippen LogP) is 4.09. The van der Waals surface area contributed by atoms with Crippen LogP contribution < -0.4 is 15.0 Å². The summed E-state index contributed by atoms with van der Waals surface area (Å²) in [5, 5.41) is 3.62. The van der Waals surface area contributed by atoms with E-state index in [-0.39, 0.29) is 23.7 Å². The second-order valence-corrected chi connectivity index (χ2v) is 10.9. The number of likely N-dealkylation sites (N-methyl/N-ethyl adjacent to an activating group) is 1. The van der Waals surface area contributed by atoms with Gasteiger partial charge in [-0.1, -0.05) is 44.2 Å². The largest absolute Gasteiger partial charge is 0.496 e. The molecule has 0 saturated carbocycles. The lowest BCUT2D eigenvalue weighted by atomic mass is 9.73. The maximum absolute atomic E-state index is 13.8. The fourth-order valence-electron chi connectivity index (χ4n) is 5.74. The summed E-state index contributed by atoms with van der Waals surface area (Å²) in [4.78, 5) is 33.8. The molecule has 7 heteroatoms. The van der Waals surface area contributed by atoms with Gasteiger partial charge in [-0.2, -0.15) is 0 Å². The summed E-state index contributed by atoms with van der Waals surface area (Å²) < 4.78 is 5.78. The van der Waals surface area contributed by atoms with Crippen LogP contribution in [0.4, 0.5) is 11.4 Å². The van der Waals surface area contributed by atoms with E-state index in [1.807, 2.05) is 53.4 Å². The fraction of sp³-hybridized carbons (Fsp3) is 0.448. The maximum Gasteiger partial charge on any atom is 0.242 e. The molecule has 3 aliphatic rings. The van der Waals surface area contributed by atoms with Crippen LogP contribution in [-0.2, 0) is 9.59 Å². The number of methoxy groups -OCH3 is 1. The first-order valence-corrected chi connectivity index (χ1v) is 12.8. The third kappa shape index (κ3) is 4.60. The lowest BCUT2D eigenvalue weighted by Gasteiger charge is -2.39. The maximum atomic E-state index is 13.8. The Kier molecular flexibility index (Phi) is 6.51. The first-order chi connectivity index (χ1) is 17.3. The van der Waals surface area contributed by atoms with Crippen molar-refractivity contribution in [1.29, 1.82) is 0 Å². The number of nitrogens with zero attached hydrogens (tertiary/aromatic N) is 3. The van der Waals surface area contributed by atoms with E-state index >= 15 is 0 Å². The molecule has 2 aliphatic heterocycles. The van der Waals surface area contributed by atoms with Crippen molar-refractivity contribution in [2.75, 3.05) is 57.1 Å². The SMILES string of the molecule is COc1ccccc1C1C2=C(CC(C)(C)CC2=O)Nc2ccccc2N1CC(=O)N1CCN(C)CC1. The van der Waals surface area contributed by atoms with Crippen LogP contribution in [0.1, 0.15) is 38.3 Å². The summed E-state index contributed by atoms with van der Waals surface area (Å²) in [6.07, 6.45) is 1.23. The van der Waals surface area contributed by atoms with Crippen LogP contribution in [0.15, 0.2) is 59.8 Å². The molecule has 1 N–H and O–H groups in total. The van der Waals surface area contributed by atoms with Gasteiger partial charge >= 0.3 is 0 Å². The molecule has 1 fully saturated rings. The van der Waals surface area contributed by atoms with Gasteiger partial charge in [-0.05, 0) is 37.1 Å². The number of amides is 1. The number of benzene rings is 2. The summed E-state index contributed by atoms with van der Waals surface area (Å²) in [6.45, 7) is 7.61. The highest BCUT2D eigenvalue weighted by molar-refractivity contribution is 6.02. The van der Waals surface area contributed by atoms with Crippen LogP contribution in [0.3, 0.4) is 0 Å². The van der Waals surface area contributed by atoms with E-state index in [2.05, 4.69) is 36.0 Å². The van der Waals surface area contributed by atoms with Crippen LogP contribution in [0.25, 0.3) is 0 Å². The van der Waals surface area contributed by atoms with Crippen molar-refractivity contribution >= 4 is 23.1 Å².